The summed E-state index contributed by atoms with van der Waals surface area (Å²) in [6.45, 7) is -0.231. The molecule has 12 nitrogen and oxygen atoms in total. The predicted molar refractivity (Wildman–Crippen MR) is 235 cm³/mol. The van der Waals surface area contributed by atoms with Crippen LogP contribution in [0.4, 0.5) is 0 Å². The number of carbonyl (C=O) groups excluding carboxylic acids is 2. The van der Waals surface area contributed by atoms with E-state index in [1.165, 1.54) is 28.0 Å². The molecule has 8 N–H and O–H groups in total. The Morgan fingerprint density at radius 2 is 1.73 bits per heavy atom. The summed E-state index contributed by atoms with van der Waals surface area (Å²) in [7, 11) is 2.96. The lowest BCUT2D eigenvalue weighted by Gasteiger charge is -2.58. The van der Waals surface area contributed by atoms with Crippen LogP contribution in [0.5, 0.6) is 5.75 Å². The van der Waals surface area contributed by atoms with E-state index in [9.17, 15) is 35.4 Å². The highest BCUT2D eigenvalue weighted by Gasteiger charge is 2.67. The molecule has 5 aliphatic heterocycles. The highest BCUT2D eigenvalue weighted by molar-refractivity contribution is 8.76. The average molecular weight is 889 g/mol. The summed E-state index contributed by atoms with van der Waals surface area (Å²) in [5.41, 5.74) is 4.43. The first-order chi connectivity index (χ1) is 30.5. The molecule has 13 rings (SSSR count). The molecule has 14 heteroatoms. The number of ether oxygens (including phenoxy) is 2. The van der Waals surface area contributed by atoms with E-state index < -0.39 is 65.1 Å². The number of carbonyl (C=O) groups is 2. The van der Waals surface area contributed by atoms with E-state index in [2.05, 4.69) is 28.8 Å². The molecule has 0 amide bonds. The van der Waals surface area contributed by atoms with Crippen LogP contribution >= 0.6 is 21.6 Å². The maximum atomic E-state index is 15.5. The fraction of sp³-hybridized carbons (Fsp3) is 0.429. The highest BCUT2D eigenvalue weighted by Crippen LogP contribution is 2.72. The molecule has 3 aromatic carbocycles. The number of benzene rings is 3. The Kier molecular flexibility index (Phi) is 9.12. The SMILES string of the molecule is O=C1c2cccc3c2C(=O)C2(CSSC4NC5=C6C7=C(CCC8CCC(c9cccc4c96)C78CC4(O)C(O)C(CO)OC(O3)C4O)CN5)C(O)=CC(Cc3cccc(CO)c3)=CC12. The Bertz CT molecular complexity index is 2660. The number of nitrogens with one attached hydrogen (secondary N) is 2. The third-order valence-corrected chi connectivity index (χ3v) is 18.5. The molecule has 2 fully saturated rings. The monoisotopic (exact) mass is 888 g/mol. The molecule has 11 atom stereocenters. The topological polar surface area (TPSA) is 198 Å². The van der Waals surface area contributed by atoms with Crippen LogP contribution in [0.25, 0.3) is 5.57 Å². The van der Waals surface area contributed by atoms with Gasteiger partial charge >= 0.3 is 0 Å². The van der Waals surface area contributed by atoms with Crippen molar-refractivity contribution in [3.63, 3.8) is 0 Å². The van der Waals surface area contributed by atoms with Gasteiger partial charge in [-0.15, -0.1) is 0 Å². The Balaban J connectivity index is 1.05. The van der Waals surface area contributed by atoms with E-state index in [0.717, 1.165) is 64.9 Å². The number of hydrogen-bond acceptors (Lipinski definition) is 14. The molecule has 1 saturated heterocycles. The summed E-state index contributed by atoms with van der Waals surface area (Å²) in [6, 6.07) is 18.5. The molecule has 2 spiro atoms. The first kappa shape index (κ1) is 40.2. The largest absolute Gasteiger partial charge is 0.511 e. The Morgan fingerprint density at radius 1 is 0.921 bits per heavy atom. The Labute approximate surface area is 371 Å². The lowest BCUT2D eigenvalue weighted by molar-refractivity contribution is -0.320. The summed E-state index contributed by atoms with van der Waals surface area (Å²) >= 11 is 0. The molecular formula is C49H48N2O10S2. The van der Waals surface area contributed by atoms with Crippen LogP contribution in [0, 0.1) is 22.7 Å². The van der Waals surface area contributed by atoms with Crippen LogP contribution in [0.1, 0.15) is 91.9 Å². The van der Waals surface area contributed by atoms with Crippen molar-refractivity contribution in [1.82, 2.24) is 10.6 Å². The van der Waals surface area contributed by atoms with Gasteiger partial charge in [0.25, 0.3) is 0 Å². The lowest BCUT2D eigenvalue weighted by Crippen LogP contribution is -2.70. The van der Waals surface area contributed by atoms with Crippen molar-refractivity contribution in [3.8, 4) is 5.75 Å². The summed E-state index contributed by atoms with van der Waals surface area (Å²) in [5.74, 6) is -1.37. The van der Waals surface area contributed by atoms with Gasteiger partial charge < -0.3 is 50.7 Å². The first-order valence-corrected chi connectivity index (χ1v) is 24.3. The fourth-order valence-electron chi connectivity index (χ4n) is 13.2. The van der Waals surface area contributed by atoms with E-state index in [0.29, 0.717) is 18.5 Å². The van der Waals surface area contributed by atoms with Crippen molar-refractivity contribution in [2.24, 2.45) is 22.7 Å². The third-order valence-electron chi connectivity index (χ3n) is 15.9. The maximum absolute atomic E-state index is 15.5. The number of allylic oxidation sites excluding steroid dienone is 6. The molecule has 3 aromatic rings. The minimum atomic E-state index is -2.25. The molecule has 5 heterocycles. The minimum Gasteiger partial charge on any atom is -0.511 e. The van der Waals surface area contributed by atoms with Crippen LogP contribution < -0.4 is 15.4 Å². The molecule has 0 aromatic heterocycles. The van der Waals surface area contributed by atoms with Gasteiger partial charge in [-0.05, 0) is 107 Å². The van der Waals surface area contributed by atoms with Gasteiger partial charge in [0.2, 0.25) is 6.29 Å². The van der Waals surface area contributed by atoms with E-state index in [1.54, 1.807) is 35.1 Å². The van der Waals surface area contributed by atoms with Crippen molar-refractivity contribution in [1.29, 1.82) is 0 Å². The molecule has 63 heavy (non-hydrogen) atoms. The van der Waals surface area contributed by atoms with Gasteiger partial charge in [-0.1, -0.05) is 82.3 Å². The van der Waals surface area contributed by atoms with Gasteiger partial charge in [0.05, 0.1) is 24.7 Å². The second-order valence-electron chi connectivity index (χ2n) is 18.8. The molecule has 11 unspecified atom stereocenters. The second kappa shape index (κ2) is 14.3. The van der Waals surface area contributed by atoms with Crippen molar-refractivity contribution in [3.05, 3.63) is 140 Å². The smallest absolute Gasteiger partial charge is 0.229 e. The average Bonchev–Trinajstić information content (AvgIpc) is 3.67. The van der Waals surface area contributed by atoms with Gasteiger partial charge in [0.15, 0.2) is 11.6 Å². The lowest BCUT2D eigenvalue weighted by atomic mass is 9.49. The number of aliphatic hydroxyl groups excluding tert-OH is 5. The van der Waals surface area contributed by atoms with E-state index in [-0.39, 0.29) is 58.6 Å². The number of Topliss-reactive ketones (excluding diaryl/α,β-unsaturated/α-hetero) is 2. The van der Waals surface area contributed by atoms with Crippen LogP contribution in [-0.2, 0) is 17.8 Å². The molecule has 10 aliphatic rings. The first-order valence-electron chi connectivity index (χ1n) is 21.9. The Morgan fingerprint density at radius 3 is 2.57 bits per heavy atom. The number of dihydropyridines is 1. The van der Waals surface area contributed by atoms with Crippen molar-refractivity contribution in [2.45, 2.75) is 86.6 Å². The van der Waals surface area contributed by atoms with E-state index in [1.807, 2.05) is 24.3 Å². The van der Waals surface area contributed by atoms with Gasteiger partial charge in [-0.25, -0.2) is 0 Å². The molecule has 0 radical (unpaired) electrons. The predicted octanol–water partition coefficient (Wildman–Crippen LogP) is 5.28. The van der Waals surface area contributed by atoms with Crippen LogP contribution in [0.3, 0.4) is 0 Å². The summed E-state index contributed by atoms with van der Waals surface area (Å²) < 4.78 is 12.6. The normalized spacial score (nSPS) is 37.0. The number of ketones is 2. The molecule has 12 bridgehead atoms. The number of hydrogen-bond donors (Lipinski definition) is 8. The third kappa shape index (κ3) is 5.40. The quantitative estimate of drug-likeness (QED) is 0.158. The van der Waals surface area contributed by atoms with Crippen molar-refractivity contribution in [2.75, 3.05) is 18.9 Å². The summed E-state index contributed by atoms with van der Waals surface area (Å²) in [5, 5.41) is 77.8. The molecular weight excluding hydrogens is 841 g/mol. The zero-order chi connectivity index (χ0) is 43.2. The molecule has 1 saturated carbocycles. The second-order valence-corrected chi connectivity index (χ2v) is 21.3. The highest BCUT2D eigenvalue weighted by atomic mass is 33.1. The maximum Gasteiger partial charge on any atom is 0.229 e. The number of fused-ring (bicyclic) bond motifs is 2. The van der Waals surface area contributed by atoms with Crippen LogP contribution in [0.15, 0.2) is 101 Å². The minimum absolute atomic E-state index is 0.0170. The fourth-order valence-corrected chi connectivity index (χ4v) is 16.1. The van der Waals surface area contributed by atoms with Crippen molar-refractivity contribution < 1.29 is 49.7 Å². The summed E-state index contributed by atoms with van der Waals surface area (Å²) in [4.78, 5) is 30.5. The van der Waals surface area contributed by atoms with Crippen LogP contribution in [-0.4, -0.2) is 91.3 Å². The number of aliphatic hydroxyl groups is 6. The molecule has 326 valence electrons. The summed E-state index contributed by atoms with van der Waals surface area (Å²) in [6.07, 6.45) is 0.617. The van der Waals surface area contributed by atoms with Crippen LogP contribution in [0.2, 0.25) is 0 Å². The van der Waals surface area contributed by atoms with E-state index >= 15 is 4.79 Å². The standard InChI is InChI=1S/C49H48N2O10S2/c52-19-24-5-1-4-23(14-24)15-25-16-32-40(55)29-7-3-9-33-37(29)42(57)48(32,35(54)17-25)22-62-63-45-30-8-2-6-28-31-13-12-27-11-10-26-18-50-44(51-45)38(36(28)30)39(26)47(27,31)21-49(59)41(56)34(20-53)61-46(60-33)43(49)58/h1-9,14,16-17,27,31-32,34,41,43,45-46,50-54,56,58-59H,10-13,15,18-22H2. The zero-order valence-electron chi connectivity index (χ0n) is 34.3. The van der Waals surface area contributed by atoms with Gasteiger partial charge in [0.1, 0.15) is 52.0 Å². The van der Waals surface area contributed by atoms with Crippen molar-refractivity contribution >= 4 is 38.7 Å². The zero-order valence-corrected chi connectivity index (χ0v) is 35.9. The van der Waals surface area contributed by atoms with Gasteiger partial charge in [-0.2, -0.15) is 0 Å². The Hall–Kier alpha value is -4.38. The van der Waals surface area contributed by atoms with Gasteiger partial charge in [0, 0.05) is 28.8 Å². The van der Waals surface area contributed by atoms with E-state index in [4.69, 9.17) is 9.47 Å². The molecule has 5 aliphatic carbocycles. The van der Waals surface area contributed by atoms with Gasteiger partial charge in [-0.3, -0.25) is 9.59 Å². The number of rotatable bonds is 4.